The van der Waals surface area contributed by atoms with Crippen LogP contribution in [0.15, 0.2) is 60.8 Å². The van der Waals surface area contributed by atoms with E-state index in [0.29, 0.717) is 5.02 Å². The molecule has 0 bridgehead atoms. The Labute approximate surface area is 203 Å². The molecule has 0 aliphatic carbocycles. The summed E-state index contributed by atoms with van der Waals surface area (Å²) in [5, 5.41) is 10.1. The lowest BCUT2D eigenvalue weighted by molar-refractivity contribution is -0.142. The molecule has 0 spiro atoms. The number of pyridine rings is 1. The largest absolute Gasteiger partial charge is 0.481 e. The van der Waals surface area contributed by atoms with Gasteiger partial charge in [0.1, 0.15) is 11.6 Å². The SMILES string of the molecule is CC(C)(C(=O)O)c1ccc(N2CCN(c3ccc(-c4nc5ccc(Cl)cc5[nH]4)cn3)CC2)cc1. The van der Waals surface area contributed by atoms with Crippen molar-refractivity contribution in [3.05, 3.63) is 71.4 Å². The number of aliphatic carboxylic acids is 1. The number of aromatic nitrogens is 3. The molecule has 0 atom stereocenters. The van der Waals surface area contributed by atoms with Crippen molar-refractivity contribution in [3.8, 4) is 11.4 Å². The van der Waals surface area contributed by atoms with Crippen LogP contribution in [0, 0.1) is 0 Å². The first kappa shape index (κ1) is 22.2. The van der Waals surface area contributed by atoms with Gasteiger partial charge in [0.15, 0.2) is 0 Å². The molecule has 2 N–H and O–H groups in total. The topological polar surface area (TPSA) is 85.4 Å². The quantitative estimate of drug-likeness (QED) is 0.424. The molecule has 1 saturated heterocycles. The summed E-state index contributed by atoms with van der Waals surface area (Å²) in [5.41, 5.74) is 3.72. The van der Waals surface area contributed by atoms with Crippen LogP contribution >= 0.6 is 11.6 Å². The van der Waals surface area contributed by atoms with E-state index in [1.54, 1.807) is 13.8 Å². The summed E-state index contributed by atoms with van der Waals surface area (Å²) < 4.78 is 0. The lowest BCUT2D eigenvalue weighted by Crippen LogP contribution is -2.46. The normalized spacial score (nSPS) is 14.6. The van der Waals surface area contributed by atoms with Gasteiger partial charge < -0.3 is 19.9 Å². The van der Waals surface area contributed by atoms with Crippen molar-refractivity contribution in [2.75, 3.05) is 36.0 Å². The van der Waals surface area contributed by atoms with Crippen LogP contribution in [0.5, 0.6) is 0 Å². The first-order valence-corrected chi connectivity index (χ1v) is 11.6. The highest BCUT2D eigenvalue weighted by atomic mass is 35.5. The molecule has 8 heteroatoms. The van der Waals surface area contributed by atoms with Crippen LogP contribution in [0.25, 0.3) is 22.4 Å². The van der Waals surface area contributed by atoms with E-state index in [2.05, 4.69) is 24.8 Å². The number of carbonyl (C=O) groups is 1. The Hall–Kier alpha value is -3.58. The van der Waals surface area contributed by atoms with Gasteiger partial charge in [-0.25, -0.2) is 9.97 Å². The summed E-state index contributed by atoms with van der Waals surface area (Å²) in [5.74, 6) is 0.897. The lowest BCUT2D eigenvalue weighted by atomic mass is 9.85. The molecule has 174 valence electrons. The molecule has 0 unspecified atom stereocenters. The average molecular weight is 476 g/mol. The van der Waals surface area contributed by atoms with Gasteiger partial charge >= 0.3 is 5.97 Å². The molecule has 5 rings (SSSR count). The van der Waals surface area contributed by atoms with Gasteiger partial charge in [0.25, 0.3) is 0 Å². The van der Waals surface area contributed by atoms with Crippen molar-refractivity contribution < 1.29 is 9.90 Å². The predicted octanol–water partition coefficient (Wildman–Crippen LogP) is 4.97. The molecule has 3 heterocycles. The van der Waals surface area contributed by atoms with Crippen molar-refractivity contribution in [1.82, 2.24) is 15.0 Å². The number of rotatable bonds is 5. The third kappa shape index (κ3) is 4.19. The minimum atomic E-state index is -0.898. The highest BCUT2D eigenvalue weighted by Crippen LogP contribution is 2.28. The number of carboxylic acids is 1. The molecule has 1 aliphatic rings. The number of anilines is 2. The molecule has 2 aromatic heterocycles. The summed E-state index contributed by atoms with van der Waals surface area (Å²) in [6.45, 7) is 6.91. The summed E-state index contributed by atoms with van der Waals surface area (Å²) in [4.78, 5) is 28.7. The second-order valence-electron chi connectivity index (χ2n) is 9.10. The van der Waals surface area contributed by atoms with Crippen molar-refractivity contribution in [2.45, 2.75) is 19.3 Å². The molecule has 0 radical (unpaired) electrons. The van der Waals surface area contributed by atoms with Gasteiger partial charge in [-0.15, -0.1) is 0 Å². The minimum absolute atomic E-state index is 0.676. The Kier molecular flexibility index (Phi) is 5.65. The first-order chi connectivity index (χ1) is 16.3. The maximum absolute atomic E-state index is 11.5. The van der Waals surface area contributed by atoms with E-state index in [9.17, 15) is 9.90 Å². The number of aromatic amines is 1. The van der Waals surface area contributed by atoms with Crippen molar-refractivity contribution in [1.29, 1.82) is 0 Å². The Bertz CT molecular complexity index is 1320. The highest BCUT2D eigenvalue weighted by molar-refractivity contribution is 6.31. The Balaban J connectivity index is 1.23. The maximum atomic E-state index is 11.5. The monoisotopic (exact) mass is 475 g/mol. The van der Waals surface area contributed by atoms with Crippen molar-refractivity contribution in [2.24, 2.45) is 0 Å². The molecule has 1 fully saturated rings. The second kappa shape index (κ2) is 8.65. The number of nitrogens with one attached hydrogen (secondary N) is 1. The zero-order valence-corrected chi connectivity index (χ0v) is 19.9. The van der Waals surface area contributed by atoms with E-state index in [1.165, 1.54) is 0 Å². The molecule has 7 nitrogen and oxygen atoms in total. The number of carboxylic acid groups (broad SMARTS) is 1. The van der Waals surface area contributed by atoms with Crippen molar-refractivity contribution in [3.63, 3.8) is 0 Å². The average Bonchev–Trinajstić information content (AvgIpc) is 3.27. The zero-order chi connectivity index (χ0) is 23.9. The van der Waals surface area contributed by atoms with Gasteiger partial charge in [-0.2, -0.15) is 0 Å². The van der Waals surface area contributed by atoms with Crippen LogP contribution in [-0.4, -0.2) is 52.2 Å². The third-order valence-corrected chi connectivity index (χ3v) is 6.79. The van der Waals surface area contributed by atoms with Gasteiger partial charge in [0, 0.05) is 48.6 Å². The Morgan fingerprint density at radius 2 is 1.71 bits per heavy atom. The van der Waals surface area contributed by atoms with Crippen LogP contribution in [0.3, 0.4) is 0 Å². The van der Waals surface area contributed by atoms with E-state index in [4.69, 9.17) is 11.6 Å². The lowest BCUT2D eigenvalue weighted by Gasteiger charge is -2.37. The van der Waals surface area contributed by atoms with E-state index in [-0.39, 0.29) is 0 Å². The summed E-state index contributed by atoms with van der Waals surface area (Å²) in [6, 6.07) is 17.6. The van der Waals surface area contributed by atoms with Crippen LogP contribution in [0.2, 0.25) is 5.02 Å². The number of imidazole rings is 1. The van der Waals surface area contributed by atoms with Crippen LogP contribution in [0.1, 0.15) is 19.4 Å². The fourth-order valence-electron chi connectivity index (χ4n) is 4.24. The van der Waals surface area contributed by atoms with E-state index in [1.807, 2.05) is 60.8 Å². The number of benzene rings is 2. The summed E-state index contributed by atoms with van der Waals surface area (Å²) in [7, 11) is 0. The molecular formula is C26H26ClN5O2. The molecule has 0 amide bonds. The van der Waals surface area contributed by atoms with Gasteiger partial charge in [0.2, 0.25) is 0 Å². The number of fused-ring (bicyclic) bond motifs is 1. The van der Waals surface area contributed by atoms with Crippen LogP contribution < -0.4 is 9.80 Å². The van der Waals surface area contributed by atoms with E-state index in [0.717, 1.165) is 65.7 Å². The Morgan fingerprint density at radius 1 is 1.00 bits per heavy atom. The fraction of sp³-hybridized carbons (Fsp3) is 0.269. The molecule has 2 aromatic carbocycles. The van der Waals surface area contributed by atoms with E-state index < -0.39 is 11.4 Å². The smallest absolute Gasteiger partial charge is 0.313 e. The molecule has 34 heavy (non-hydrogen) atoms. The molecule has 1 aliphatic heterocycles. The third-order valence-electron chi connectivity index (χ3n) is 6.56. The number of piperazine rings is 1. The maximum Gasteiger partial charge on any atom is 0.313 e. The van der Waals surface area contributed by atoms with Crippen LogP contribution in [0.4, 0.5) is 11.5 Å². The van der Waals surface area contributed by atoms with Gasteiger partial charge in [-0.1, -0.05) is 23.7 Å². The first-order valence-electron chi connectivity index (χ1n) is 11.3. The highest BCUT2D eigenvalue weighted by Gasteiger charge is 2.29. The number of hydrogen-bond donors (Lipinski definition) is 2. The summed E-state index contributed by atoms with van der Waals surface area (Å²) in [6.07, 6.45) is 1.85. The molecule has 0 saturated carbocycles. The van der Waals surface area contributed by atoms with Crippen molar-refractivity contribution >= 4 is 40.1 Å². The summed E-state index contributed by atoms with van der Waals surface area (Å²) >= 11 is 6.08. The number of nitrogens with zero attached hydrogens (tertiary/aromatic N) is 4. The van der Waals surface area contributed by atoms with Gasteiger partial charge in [0.05, 0.1) is 16.4 Å². The molecule has 4 aromatic rings. The van der Waals surface area contributed by atoms with Gasteiger partial charge in [-0.3, -0.25) is 4.79 Å². The van der Waals surface area contributed by atoms with Gasteiger partial charge in [-0.05, 0) is 61.9 Å². The standard InChI is InChI=1S/C26H26ClN5O2/c1-26(2,25(33)34)18-4-7-20(8-5-18)31-11-13-32(14-12-31)23-10-3-17(16-28-23)24-29-21-9-6-19(27)15-22(21)30-24/h3-10,15-16H,11-14H2,1-2H3,(H,29,30)(H,33,34). The van der Waals surface area contributed by atoms with Crippen LogP contribution in [-0.2, 0) is 10.2 Å². The minimum Gasteiger partial charge on any atom is -0.481 e. The Morgan fingerprint density at radius 3 is 2.35 bits per heavy atom. The number of hydrogen-bond acceptors (Lipinski definition) is 5. The van der Waals surface area contributed by atoms with E-state index >= 15 is 0 Å². The number of halogens is 1. The number of H-pyrrole nitrogens is 1. The fourth-order valence-corrected chi connectivity index (χ4v) is 4.41. The second-order valence-corrected chi connectivity index (χ2v) is 9.54. The molecular weight excluding hydrogens is 450 g/mol. The predicted molar refractivity (Wildman–Crippen MR) is 136 cm³/mol. The zero-order valence-electron chi connectivity index (χ0n) is 19.1.